The summed E-state index contributed by atoms with van der Waals surface area (Å²) in [6.07, 6.45) is -1.55. The lowest BCUT2D eigenvalue weighted by Gasteiger charge is -1.94. The molecule has 0 nitrogen and oxygen atoms in total. The first-order valence-corrected chi connectivity index (χ1v) is 2.00. The van der Waals surface area contributed by atoms with Crippen LogP contribution in [0.5, 0.6) is 0 Å². The van der Waals surface area contributed by atoms with Crippen molar-refractivity contribution in [1.82, 2.24) is 0 Å². The molecule has 0 heterocycles. The highest BCUT2D eigenvalue weighted by Crippen LogP contribution is 2.05. The van der Waals surface area contributed by atoms with Gasteiger partial charge in [0.1, 0.15) is 6.17 Å². The minimum atomic E-state index is -1.84. The van der Waals surface area contributed by atoms with Crippen molar-refractivity contribution < 1.29 is 8.78 Å². The molecule has 3 heteroatoms. The van der Waals surface area contributed by atoms with Crippen molar-refractivity contribution in [3.05, 3.63) is 0 Å². The summed E-state index contributed by atoms with van der Waals surface area (Å²) in [6.45, 7) is 1.07. The maximum atomic E-state index is 11.3. The van der Waals surface area contributed by atoms with Crippen LogP contribution >= 0.6 is 11.6 Å². The van der Waals surface area contributed by atoms with E-state index in [0.717, 1.165) is 6.92 Å². The lowest BCUT2D eigenvalue weighted by atomic mass is 10.5. The van der Waals surface area contributed by atoms with Gasteiger partial charge in [-0.05, 0) is 6.92 Å². The van der Waals surface area contributed by atoms with Gasteiger partial charge in [-0.2, -0.15) is 0 Å². The summed E-state index contributed by atoms with van der Waals surface area (Å²) in [6, 6.07) is 0. The van der Waals surface area contributed by atoms with Gasteiger partial charge in [0.25, 0.3) is 0 Å². The molecule has 2 unspecified atom stereocenters. The maximum Gasteiger partial charge on any atom is 0.204 e. The highest BCUT2D eigenvalue weighted by Gasteiger charge is 2.08. The smallest absolute Gasteiger partial charge is 0.204 e. The van der Waals surface area contributed by atoms with Gasteiger partial charge in [0.15, 0.2) is 0 Å². The molecular formula is C3H5ClF2. The lowest BCUT2D eigenvalue weighted by molar-refractivity contribution is 0.249. The number of hydrogen-bond acceptors (Lipinski definition) is 0. The van der Waals surface area contributed by atoms with Gasteiger partial charge >= 0.3 is 0 Å². The quantitative estimate of drug-likeness (QED) is 0.457. The zero-order valence-electron chi connectivity index (χ0n) is 3.29. The summed E-state index contributed by atoms with van der Waals surface area (Å²) < 4.78 is 22.5. The average Bonchev–Trinajstić information content (AvgIpc) is 1.36. The second kappa shape index (κ2) is 2.35. The largest absolute Gasteiger partial charge is 0.243 e. The molecule has 0 aliphatic carbocycles. The summed E-state index contributed by atoms with van der Waals surface area (Å²) in [5.74, 6) is 0. The van der Waals surface area contributed by atoms with Gasteiger partial charge in [-0.25, -0.2) is 8.78 Å². The zero-order chi connectivity index (χ0) is 5.15. The van der Waals surface area contributed by atoms with Gasteiger partial charge in [-0.15, -0.1) is 0 Å². The maximum absolute atomic E-state index is 11.3. The SMILES string of the molecule is CC(F)C(F)Cl. The highest BCUT2D eigenvalue weighted by atomic mass is 35.5. The molecule has 38 valence electrons. The van der Waals surface area contributed by atoms with E-state index in [2.05, 4.69) is 11.6 Å². The van der Waals surface area contributed by atoms with E-state index in [-0.39, 0.29) is 0 Å². The van der Waals surface area contributed by atoms with Gasteiger partial charge in [0.05, 0.1) is 0 Å². The van der Waals surface area contributed by atoms with Crippen LogP contribution in [0.15, 0.2) is 0 Å². The van der Waals surface area contributed by atoms with Gasteiger partial charge in [0, 0.05) is 0 Å². The van der Waals surface area contributed by atoms with Crippen LogP contribution in [0, 0.1) is 0 Å². The van der Waals surface area contributed by atoms with E-state index in [1.54, 1.807) is 0 Å². The molecule has 0 bridgehead atoms. The third-order valence-electron chi connectivity index (χ3n) is 0.347. The van der Waals surface area contributed by atoms with E-state index in [4.69, 9.17) is 0 Å². The fraction of sp³-hybridized carbons (Fsp3) is 1.00. The predicted octanol–water partition coefficient (Wildman–Crippen LogP) is 1.88. The fourth-order valence-electron chi connectivity index (χ4n) is 0. The van der Waals surface area contributed by atoms with Crippen LogP contribution in [0.3, 0.4) is 0 Å². The first kappa shape index (κ1) is 6.15. The van der Waals surface area contributed by atoms with E-state index in [1.807, 2.05) is 0 Å². The summed E-state index contributed by atoms with van der Waals surface area (Å²) in [4.78, 5) is 0. The van der Waals surface area contributed by atoms with Crippen LogP contribution in [-0.4, -0.2) is 11.8 Å². The van der Waals surface area contributed by atoms with Crippen molar-refractivity contribution in [2.75, 3.05) is 0 Å². The Morgan fingerprint density at radius 2 is 1.67 bits per heavy atom. The van der Waals surface area contributed by atoms with E-state index < -0.39 is 11.8 Å². The molecule has 0 aromatic heterocycles. The van der Waals surface area contributed by atoms with Crippen LogP contribution in [0.4, 0.5) is 8.78 Å². The molecule has 0 spiro atoms. The normalized spacial score (nSPS) is 20.0. The molecule has 0 amide bonds. The molecule has 0 aliphatic heterocycles. The first-order valence-electron chi connectivity index (χ1n) is 1.57. The summed E-state index contributed by atoms with van der Waals surface area (Å²) in [5, 5.41) is 0. The number of alkyl halides is 3. The number of hydrogen-bond donors (Lipinski definition) is 0. The molecule has 0 rings (SSSR count). The van der Waals surface area contributed by atoms with Crippen molar-refractivity contribution in [1.29, 1.82) is 0 Å². The minimum absolute atomic E-state index is 1.07. The molecule has 2 atom stereocenters. The van der Waals surface area contributed by atoms with Crippen molar-refractivity contribution >= 4 is 11.6 Å². The summed E-state index contributed by atoms with van der Waals surface area (Å²) >= 11 is 4.57. The van der Waals surface area contributed by atoms with Crippen molar-refractivity contribution in [2.45, 2.75) is 18.7 Å². The van der Waals surface area contributed by atoms with Gasteiger partial charge in [-0.3, -0.25) is 0 Å². The molecule has 0 saturated heterocycles. The van der Waals surface area contributed by atoms with Crippen LogP contribution in [0.2, 0.25) is 0 Å². The topological polar surface area (TPSA) is 0 Å². The van der Waals surface area contributed by atoms with E-state index in [1.165, 1.54) is 0 Å². The average molecular weight is 115 g/mol. The second-order valence-corrected chi connectivity index (χ2v) is 1.43. The van der Waals surface area contributed by atoms with Crippen LogP contribution in [0.25, 0.3) is 0 Å². The second-order valence-electron chi connectivity index (χ2n) is 1.01. The fourth-order valence-corrected chi connectivity index (χ4v) is 0. The lowest BCUT2D eigenvalue weighted by Crippen LogP contribution is -2.03. The van der Waals surface area contributed by atoms with Crippen molar-refractivity contribution in [3.63, 3.8) is 0 Å². The summed E-state index contributed by atoms with van der Waals surface area (Å²) in [7, 11) is 0. The molecule has 0 N–H and O–H groups in total. The zero-order valence-corrected chi connectivity index (χ0v) is 4.04. The van der Waals surface area contributed by atoms with Crippen LogP contribution in [0.1, 0.15) is 6.92 Å². The molecule has 0 aliphatic rings. The molecule has 0 saturated carbocycles. The Balaban J connectivity index is 2.99. The van der Waals surface area contributed by atoms with E-state index in [9.17, 15) is 8.78 Å². The Kier molecular flexibility index (Phi) is 2.40. The minimum Gasteiger partial charge on any atom is -0.243 e. The third-order valence-corrected chi connectivity index (χ3v) is 0.694. The van der Waals surface area contributed by atoms with Crippen LogP contribution < -0.4 is 0 Å². The Labute approximate surface area is 40.1 Å². The Morgan fingerprint density at radius 1 is 1.50 bits per heavy atom. The van der Waals surface area contributed by atoms with Crippen molar-refractivity contribution in [2.24, 2.45) is 0 Å². The third kappa shape index (κ3) is 2.39. The molecule has 0 aromatic rings. The van der Waals surface area contributed by atoms with E-state index >= 15 is 0 Å². The van der Waals surface area contributed by atoms with Gasteiger partial charge < -0.3 is 0 Å². The Hall–Kier alpha value is 0.150. The van der Waals surface area contributed by atoms with Gasteiger partial charge in [0.2, 0.25) is 5.63 Å². The monoisotopic (exact) mass is 114 g/mol. The van der Waals surface area contributed by atoms with Gasteiger partial charge in [-0.1, -0.05) is 11.6 Å². The van der Waals surface area contributed by atoms with Crippen LogP contribution in [-0.2, 0) is 0 Å². The Bertz CT molecular complexity index is 29.8. The number of halogens is 3. The summed E-state index contributed by atoms with van der Waals surface area (Å²) in [5.41, 5.74) is -1.84. The first-order chi connectivity index (χ1) is 2.64. The van der Waals surface area contributed by atoms with E-state index in [0.29, 0.717) is 0 Å². The molecule has 0 radical (unpaired) electrons. The predicted molar refractivity (Wildman–Crippen MR) is 21.3 cm³/mol. The molecular weight excluding hydrogens is 109 g/mol. The number of rotatable bonds is 1. The van der Waals surface area contributed by atoms with Crippen molar-refractivity contribution in [3.8, 4) is 0 Å². The molecule has 0 fully saturated rings. The molecule has 6 heavy (non-hydrogen) atoms. The Morgan fingerprint density at radius 3 is 1.67 bits per heavy atom. The highest BCUT2D eigenvalue weighted by molar-refractivity contribution is 6.19. The molecule has 0 aromatic carbocycles. The standard InChI is InChI=1S/C3H5ClF2/c1-2(5)3(4)6/h2-3H,1H3.